The van der Waals surface area contributed by atoms with Gasteiger partial charge in [-0.15, -0.1) is 0 Å². The molecule has 0 bridgehead atoms. The lowest BCUT2D eigenvalue weighted by Gasteiger charge is -2.27. The van der Waals surface area contributed by atoms with Crippen LogP contribution in [-0.2, 0) is 4.79 Å². The third kappa shape index (κ3) is 36.9. The van der Waals surface area contributed by atoms with Gasteiger partial charge >= 0.3 is 0 Å². The Morgan fingerprint density at radius 3 is 0.889 bits per heavy atom. The Labute approximate surface area is 337 Å². The van der Waals surface area contributed by atoms with Crippen LogP contribution in [0.1, 0.15) is 271 Å². The summed E-state index contributed by atoms with van der Waals surface area (Å²) in [5, 5.41) is 43.8. The third-order valence-electron chi connectivity index (χ3n) is 11.8. The Kier molecular flexibility index (Phi) is 42.9. The van der Waals surface area contributed by atoms with Crippen LogP contribution in [0.4, 0.5) is 0 Å². The highest BCUT2D eigenvalue weighted by molar-refractivity contribution is 5.80. The molecule has 324 valence electrons. The van der Waals surface area contributed by atoms with E-state index in [1.165, 1.54) is 205 Å². The van der Waals surface area contributed by atoms with E-state index in [0.717, 1.165) is 38.5 Å². The van der Waals surface area contributed by atoms with Gasteiger partial charge in [0.2, 0.25) is 5.91 Å². The summed E-state index contributed by atoms with van der Waals surface area (Å²) in [6.07, 6.45) is 47.2. The van der Waals surface area contributed by atoms with E-state index in [1.807, 2.05) is 0 Å². The summed E-state index contributed by atoms with van der Waals surface area (Å²) < 4.78 is 0. The van der Waals surface area contributed by atoms with Crippen molar-refractivity contribution < 1.29 is 25.2 Å². The number of aliphatic hydroxyl groups is 4. The van der Waals surface area contributed by atoms with Crippen molar-refractivity contribution >= 4 is 5.91 Å². The second-order valence-electron chi connectivity index (χ2n) is 17.2. The van der Waals surface area contributed by atoms with E-state index in [9.17, 15) is 25.2 Å². The topological polar surface area (TPSA) is 110 Å². The number of nitrogens with one attached hydrogen (secondary N) is 1. The molecule has 4 atom stereocenters. The molecule has 0 radical (unpaired) electrons. The second kappa shape index (κ2) is 43.4. The molecule has 0 saturated carbocycles. The Hall–Kier alpha value is -0.690. The van der Waals surface area contributed by atoms with Crippen LogP contribution in [0.5, 0.6) is 0 Å². The van der Waals surface area contributed by atoms with Gasteiger partial charge < -0.3 is 25.7 Å². The zero-order valence-corrected chi connectivity index (χ0v) is 36.5. The van der Waals surface area contributed by atoms with Gasteiger partial charge in [0.15, 0.2) is 0 Å². The number of carbonyl (C=O) groups is 1. The molecule has 4 unspecified atom stereocenters. The maximum atomic E-state index is 12.5. The molecule has 54 heavy (non-hydrogen) atoms. The molecule has 5 N–H and O–H groups in total. The van der Waals surface area contributed by atoms with Gasteiger partial charge in [0.25, 0.3) is 0 Å². The van der Waals surface area contributed by atoms with Crippen LogP contribution in [0, 0.1) is 0 Å². The van der Waals surface area contributed by atoms with E-state index < -0.39 is 36.9 Å². The van der Waals surface area contributed by atoms with Gasteiger partial charge in [0.1, 0.15) is 12.2 Å². The van der Waals surface area contributed by atoms with Crippen molar-refractivity contribution in [2.75, 3.05) is 6.61 Å². The SMILES string of the molecule is CCCCCCCCCCCCCCCCCCCCCCCCCCC(O)C(=O)NC(CO)C(O)C(O)CCCCCCCCCCCCCCCC. The van der Waals surface area contributed by atoms with Crippen LogP contribution in [0.15, 0.2) is 0 Å². The largest absolute Gasteiger partial charge is 0.394 e. The maximum absolute atomic E-state index is 12.5. The first-order chi connectivity index (χ1) is 26.5. The lowest BCUT2D eigenvalue weighted by molar-refractivity contribution is -0.132. The molecule has 0 aromatic heterocycles. The normalized spacial score (nSPS) is 14.0. The van der Waals surface area contributed by atoms with Gasteiger partial charge in [-0.1, -0.05) is 258 Å². The van der Waals surface area contributed by atoms with Gasteiger partial charge in [0.05, 0.1) is 18.8 Å². The Bertz CT molecular complexity index is 736. The zero-order valence-electron chi connectivity index (χ0n) is 36.5. The number of hydrogen-bond acceptors (Lipinski definition) is 5. The summed E-state index contributed by atoms with van der Waals surface area (Å²) in [4.78, 5) is 12.5. The summed E-state index contributed by atoms with van der Waals surface area (Å²) in [5.74, 6) is -0.578. The monoisotopic (exact) mass is 768 g/mol. The van der Waals surface area contributed by atoms with Crippen LogP contribution >= 0.6 is 0 Å². The van der Waals surface area contributed by atoms with Crippen LogP contribution in [0.3, 0.4) is 0 Å². The molecule has 1 amide bonds. The predicted molar refractivity (Wildman–Crippen MR) is 233 cm³/mol. The van der Waals surface area contributed by atoms with E-state index in [0.29, 0.717) is 12.8 Å². The molecular formula is C48H97NO5. The number of carbonyl (C=O) groups excluding carboxylic acids is 1. The predicted octanol–water partition coefficient (Wildman–Crippen LogP) is 13.2. The van der Waals surface area contributed by atoms with Gasteiger partial charge in [-0.3, -0.25) is 4.79 Å². The summed E-state index contributed by atoms with van der Waals surface area (Å²) in [6.45, 7) is 4.07. The molecule has 0 rings (SSSR count). The van der Waals surface area contributed by atoms with E-state index >= 15 is 0 Å². The quantitative estimate of drug-likeness (QED) is 0.0396. The molecule has 0 fully saturated rings. The van der Waals surface area contributed by atoms with Crippen molar-refractivity contribution in [3.05, 3.63) is 0 Å². The number of aliphatic hydroxyl groups excluding tert-OH is 4. The fraction of sp³-hybridized carbons (Fsp3) is 0.979. The Morgan fingerprint density at radius 1 is 0.389 bits per heavy atom. The highest BCUT2D eigenvalue weighted by atomic mass is 16.3. The maximum Gasteiger partial charge on any atom is 0.249 e. The summed E-state index contributed by atoms with van der Waals surface area (Å²) >= 11 is 0. The molecule has 0 saturated heterocycles. The molecule has 0 aromatic rings. The molecule has 6 heteroatoms. The smallest absolute Gasteiger partial charge is 0.249 e. The standard InChI is InChI=1S/C48H97NO5/c1-3-5-7-9-11-13-15-17-19-20-21-22-23-24-25-26-27-28-30-32-34-36-38-40-42-46(52)48(54)49-44(43-50)47(53)45(51)41-39-37-35-33-31-29-18-16-14-12-10-8-6-4-2/h44-47,50-53H,3-43H2,1-2H3,(H,49,54). The minimum absolute atomic E-state index is 0.376. The highest BCUT2D eigenvalue weighted by Crippen LogP contribution is 2.18. The molecule has 0 spiro atoms. The zero-order chi connectivity index (χ0) is 39.6. The summed E-state index contributed by atoms with van der Waals surface area (Å²) in [7, 11) is 0. The molecular weight excluding hydrogens is 671 g/mol. The molecule has 0 aliphatic heterocycles. The van der Waals surface area contributed by atoms with Crippen molar-refractivity contribution in [2.24, 2.45) is 0 Å². The number of hydrogen-bond donors (Lipinski definition) is 5. The molecule has 0 heterocycles. The number of unbranched alkanes of at least 4 members (excludes halogenated alkanes) is 36. The van der Waals surface area contributed by atoms with Gasteiger partial charge in [-0.05, 0) is 12.8 Å². The van der Waals surface area contributed by atoms with Gasteiger partial charge in [-0.2, -0.15) is 0 Å². The van der Waals surface area contributed by atoms with Crippen LogP contribution in [-0.4, -0.2) is 57.3 Å². The lowest BCUT2D eigenvalue weighted by Crippen LogP contribution is -2.53. The van der Waals surface area contributed by atoms with E-state index in [-0.39, 0.29) is 0 Å². The van der Waals surface area contributed by atoms with Crippen LogP contribution in [0.25, 0.3) is 0 Å². The van der Waals surface area contributed by atoms with Gasteiger partial charge in [-0.25, -0.2) is 0 Å². The fourth-order valence-corrected chi connectivity index (χ4v) is 7.94. The molecule has 0 aliphatic carbocycles. The molecule has 6 nitrogen and oxygen atoms in total. The first-order valence-corrected chi connectivity index (χ1v) is 24.4. The van der Waals surface area contributed by atoms with E-state index in [2.05, 4.69) is 19.2 Å². The van der Waals surface area contributed by atoms with Crippen molar-refractivity contribution in [2.45, 2.75) is 295 Å². The minimum atomic E-state index is -1.25. The van der Waals surface area contributed by atoms with E-state index in [1.54, 1.807) is 0 Å². The van der Waals surface area contributed by atoms with Gasteiger partial charge in [0, 0.05) is 0 Å². The number of amides is 1. The summed E-state index contributed by atoms with van der Waals surface area (Å²) in [5.41, 5.74) is 0. The molecule has 0 aliphatic rings. The van der Waals surface area contributed by atoms with Crippen molar-refractivity contribution in [3.8, 4) is 0 Å². The lowest BCUT2D eigenvalue weighted by atomic mass is 9.99. The minimum Gasteiger partial charge on any atom is -0.394 e. The average Bonchev–Trinajstić information content (AvgIpc) is 3.18. The third-order valence-corrected chi connectivity index (χ3v) is 11.8. The Morgan fingerprint density at radius 2 is 0.630 bits per heavy atom. The average molecular weight is 768 g/mol. The van der Waals surface area contributed by atoms with Crippen LogP contribution < -0.4 is 5.32 Å². The van der Waals surface area contributed by atoms with Crippen molar-refractivity contribution in [3.63, 3.8) is 0 Å². The Balaban J connectivity index is 3.61. The summed E-state index contributed by atoms with van der Waals surface area (Å²) in [6, 6.07) is -0.979. The highest BCUT2D eigenvalue weighted by Gasteiger charge is 2.28. The van der Waals surface area contributed by atoms with Crippen molar-refractivity contribution in [1.82, 2.24) is 5.32 Å². The van der Waals surface area contributed by atoms with Crippen LogP contribution in [0.2, 0.25) is 0 Å². The first kappa shape index (κ1) is 53.3. The second-order valence-corrected chi connectivity index (χ2v) is 17.2. The number of rotatable bonds is 45. The van der Waals surface area contributed by atoms with E-state index in [4.69, 9.17) is 0 Å². The fourth-order valence-electron chi connectivity index (χ4n) is 7.94. The first-order valence-electron chi connectivity index (χ1n) is 24.4. The van der Waals surface area contributed by atoms with Crippen molar-refractivity contribution in [1.29, 1.82) is 0 Å². The molecule has 0 aromatic carbocycles.